The van der Waals surface area contributed by atoms with Crippen molar-refractivity contribution in [3.63, 3.8) is 0 Å². The molecule has 1 N–H and O–H groups in total. The molecule has 0 aliphatic carbocycles. The maximum absolute atomic E-state index is 12.3. The molecule has 108 valence electrons. The molecule has 1 fully saturated rings. The first-order valence-corrected chi connectivity index (χ1v) is 6.92. The Morgan fingerprint density at radius 3 is 2.75 bits per heavy atom. The first kappa shape index (κ1) is 14.7. The average molecular weight is 297 g/mol. The van der Waals surface area contributed by atoms with Gasteiger partial charge in [0.2, 0.25) is 5.91 Å². The summed E-state index contributed by atoms with van der Waals surface area (Å²) in [5.41, 5.74) is 0. The van der Waals surface area contributed by atoms with Gasteiger partial charge >= 0.3 is 0 Å². The van der Waals surface area contributed by atoms with E-state index in [-0.39, 0.29) is 11.8 Å². The predicted octanol–water partition coefficient (Wildman–Crippen LogP) is 1.46. The standard InChI is InChI=1S/C14H17ClN2O3/c1-10(20-12-4-2-11(15)3-5-12)14(19)17-8-6-13(18)16-7-9-17/h2-5,10H,6-9H2,1H3,(H,16,18). The van der Waals surface area contributed by atoms with Crippen LogP contribution < -0.4 is 10.1 Å². The van der Waals surface area contributed by atoms with Crippen molar-refractivity contribution in [3.8, 4) is 5.75 Å². The van der Waals surface area contributed by atoms with E-state index in [1.807, 2.05) is 0 Å². The van der Waals surface area contributed by atoms with Gasteiger partial charge in [-0.15, -0.1) is 0 Å². The smallest absolute Gasteiger partial charge is 0.263 e. The second-order valence-electron chi connectivity index (χ2n) is 4.64. The van der Waals surface area contributed by atoms with Gasteiger partial charge in [-0.2, -0.15) is 0 Å². The molecular weight excluding hydrogens is 280 g/mol. The molecule has 20 heavy (non-hydrogen) atoms. The van der Waals surface area contributed by atoms with Crippen molar-refractivity contribution in [1.29, 1.82) is 0 Å². The zero-order chi connectivity index (χ0) is 14.5. The number of hydrogen-bond donors (Lipinski definition) is 1. The van der Waals surface area contributed by atoms with Crippen molar-refractivity contribution in [2.24, 2.45) is 0 Å². The van der Waals surface area contributed by atoms with E-state index in [1.165, 1.54) is 0 Å². The van der Waals surface area contributed by atoms with E-state index < -0.39 is 6.10 Å². The summed E-state index contributed by atoms with van der Waals surface area (Å²) in [7, 11) is 0. The number of ether oxygens (including phenoxy) is 1. The normalized spacial score (nSPS) is 17.1. The highest BCUT2D eigenvalue weighted by Gasteiger charge is 2.24. The van der Waals surface area contributed by atoms with Crippen LogP contribution in [0.3, 0.4) is 0 Å². The zero-order valence-electron chi connectivity index (χ0n) is 11.3. The predicted molar refractivity (Wildman–Crippen MR) is 75.7 cm³/mol. The van der Waals surface area contributed by atoms with Crippen molar-refractivity contribution in [2.45, 2.75) is 19.4 Å². The summed E-state index contributed by atoms with van der Waals surface area (Å²) in [4.78, 5) is 25.2. The number of nitrogens with one attached hydrogen (secondary N) is 1. The SMILES string of the molecule is CC(Oc1ccc(Cl)cc1)C(=O)N1CCNC(=O)CC1. The van der Waals surface area contributed by atoms with Gasteiger partial charge in [0.15, 0.2) is 6.10 Å². The molecule has 1 aromatic rings. The highest BCUT2D eigenvalue weighted by atomic mass is 35.5. The van der Waals surface area contributed by atoms with Crippen LogP contribution in [0.1, 0.15) is 13.3 Å². The molecule has 1 atom stereocenters. The minimum atomic E-state index is -0.593. The second kappa shape index (κ2) is 6.61. The third-order valence-corrected chi connectivity index (χ3v) is 3.35. The largest absolute Gasteiger partial charge is 0.481 e. The molecule has 6 heteroatoms. The minimum Gasteiger partial charge on any atom is -0.481 e. The molecule has 5 nitrogen and oxygen atoms in total. The van der Waals surface area contributed by atoms with E-state index in [4.69, 9.17) is 16.3 Å². The van der Waals surface area contributed by atoms with Crippen LogP contribution >= 0.6 is 11.6 Å². The summed E-state index contributed by atoms with van der Waals surface area (Å²) in [6, 6.07) is 6.87. The minimum absolute atomic E-state index is 0.0217. The van der Waals surface area contributed by atoms with Gasteiger partial charge in [0, 0.05) is 31.1 Å². The summed E-state index contributed by atoms with van der Waals surface area (Å²) in [6.45, 7) is 3.13. The quantitative estimate of drug-likeness (QED) is 0.918. The first-order valence-electron chi connectivity index (χ1n) is 6.54. The number of carbonyl (C=O) groups is 2. The Morgan fingerprint density at radius 1 is 1.35 bits per heavy atom. The summed E-state index contributed by atoms with van der Waals surface area (Å²) in [5.74, 6) is 0.460. The highest BCUT2D eigenvalue weighted by molar-refractivity contribution is 6.30. The molecule has 1 aliphatic heterocycles. The summed E-state index contributed by atoms with van der Waals surface area (Å²) < 4.78 is 5.60. The van der Waals surface area contributed by atoms with Crippen LogP contribution in [0.15, 0.2) is 24.3 Å². The number of rotatable bonds is 3. The van der Waals surface area contributed by atoms with Gasteiger partial charge in [0.1, 0.15) is 5.75 Å². The van der Waals surface area contributed by atoms with Gasteiger partial charge in [0.25, 0.3) is 5.91 Å². The number of amides is 2. The lowest BCUT2D eigenvalue weighted by Gasteiger charge is -2.24. The van der Waals surface area contributed by atoms with Crippen LogP contribution in [0.25, 0.3) is 0 Å². The van der Waals surface area contributed by atoms with Crippen molar-refractivity contribution in [3.05, 3.63) is 29.3 Å². The molecule has 1 aromatic carbocycles. The van der Waals surface area contributed by atoms with Gasteiger partial charge in [-0.25, -0.2) is 0 Å². The van der Waals surface area contributed by atoms with Gasteiger partial charge in [-0.05, 0) is 31.2 Å². The maximum atomic E-state index is 12.3. The van der Waals surface area contributed by atoms with Gasteiger partial charge in [-0.1, -0.05) is 11.6 Å². The highest BCUT2D eigenvalue weighted by Crippen LogP contribution is 2.17. The molecule has 2 rings (SSSR count). The Morgan fingerprint density at radius 2 is 2.05 bits per heavy atom. The van der Waals surface area contributed by atoms with Crippen molar-refractivity contribution in [1.82, 2.24) is 10.2 Å². The number of hydrogen-bond acceptors (Lipinski definition) is 3. The third kappa shape index (κ3) is 3.87. The molecule has 1 unspecified atom stereocenters. The molecule has 0 saturated carbocycles. The fraction of sp³-hybridized carbons (Fsp3) is 0.429. The second-order valence-corrected chi connectivity index (χ2v) is 5.08. The lowest BCUT2D eigenvalue weighted by molar-refractivity contribution is -0.137. The third-order valence-electron chi connectivity index (χ3n) is 3.10. The Kier molecular flexibility index (Phi) is 4.84. The van der Waals surface area contributed by atoms with Gasteiger partial charge < -0.3 is 15.0 Å². The molecule has 1 aliphatic rings. The van der Waals surface area contributed by atoms with Crippen LogP contribution in [0.4, 0.5) is 0 Å². The van der Waals surface area contributed by atoms with Crippen LogP contribution in [0.5, 0.6) is 5.75 Å². The molecule has 2 amide bonds. The van der Waals surface area contributed by atoms with Crippen LogP contribution in [0, 0.1) is 0 Å². The van der Waals surface area contributed by atoms with Gasteiger partial charge in [-0.3, -0.25) is 9.59 Å². The Hall–Kier alpha value is -1.75. The van der Waals surface area contributed by atoms with Crippen molar-refractivity contribution in [2.75, 3.05) is 19.6 Å². The monoisotopic (exact) mass is 296 g/mol. The van der Waals surface area contributed by atoms with E-state index in [0.29, 0.717) is 36.8 Å². The van der Waals surface area contributed by atoms with E-state index in [0.717, 1.165) is 0 Å². The Labute approximate surface area is 122 Å². The average Bonchev–Trinajstić information content (AvgIpc) is 2.65. The van der Waals surface area contributed by atoms with E-state index in [9.17, 15) is 9.59 Å². The number of halogens is 1. The fourth-order valence-corrected chi connectivity index (χ4v) is 2.14. The molecular formula is C14H17ClN2O3. The molecule has 0 spiro atoms. The molecule has 0 bridgehead atoms. The van der Waals surface area contributed by atoms with Crippen LogP contribution in [-0.2, 0) is 9.59 Å². The fourth-order valence-electron chi connectivity index (χ4n) is 2.01. The van der Waals surface area contributed by atoms with Crippen molar-refractivity contribution >= 4 is 23.4 Å². The lowest BCUT2D eigenvalue weighted by Crippen LogP contribution is -2.42. The van der Waals surface area contributed by atoms with Gasteiger partial charge in [0.05, 0.1) is 0 Å². The first-order chi connectivity index (χ1) is 9.56. The number of benzene rings is 1. The molecule has 1 saturated heterocycles. The molecule has 0 aromatic heterocycles. The van der Waals surface area contributed by atoms with Crippen LogP contribution in [0.2, 0.25) is 5.02 Å². The summed E-state index contributed by atoms with van der Waals surface area (Å²) in [5, 5.41) is 3.35. The summed E-state index contributed by atoms with van der Waals surface area (Å²) >= 11 is 5.79. The number of carbonyl (C=O) groups excluding carboxylic acids is 2. The number of nitrogens with zero attached hydrogens (tertiary/aromatic N) is 1. The topological polar surface area (TPSA) is 58.6 Å². The van der Waals surface area contributed by atoms with Crippen LogP contribution in [-0.4, -0.2) is 42.5 Å². The molecule has 0 radical (unpaired) electrons. The molecule has 1 heterocycles. The summed E-state index contributed by atoms with van der Waals surface area (Å²) in [6.07, 6.45) is -0.260. The Bertz CT molecular complexity index is 490. The van der Waals surface area contributed by atoms with E-state index in [1.54, 1.807) is 36.1 Å². The van der Waals surface area contributed by atoms with Crippen molar-refractivity contribution < 1.29 is 14.3 Å². The zero-order valence-corrected chi connectivity index (χ0v) is 12.0. The Balaban J connectivity index is 1.94. The maximum Gasteiger partial charge on any atom is 0.263 e. The van der Waals surface area contributed by atoms with E-state index in [2.05, 4.69) is 5.32 Å². The van der Waals surface area contributed by atoms with E-state index >= 15 is 0 Å². The lowest BCUT2D eigenvalue weighted by atomic mass is 10.3.